The van der Waals surface area contributed by atoms with Crippen molar-refractivity contribution in [2.75, 3.05) is 13.6 Å². The second-order valence-electron chi connectivity index (χ2n) is 4.64. The van der Waals surface area contributed by atoms with Gasteiger partial charge in [-0.2, -0.15) is 0 Å². The maximum absolute atomic E-state index is 11.0. The highest BCUT2D eigenvalue weighted by molar-refractivity contribution is 6.32. The summed E-state index contributed by atoms with van der Waals surface area (Å²) in [4.78, 5) is 11.0. The third-order valence-electron chi connectivity index (χ3n) is 3.20. The minimum absolute atomic E-state index is 0.222. The monoisotopic (exact) mass is 268 g/mol. The molecule has 3 N–H and O–H groups in total. The Bertz CT molecular complexity index is 445. The van der Waals surface area contributed by atoms with E-state index in [1.165, 1.54) is 0 Å². The van der Waals surface area contributed by atoms with Crippen molar-refractivity contribution < 1.29 is 9.53 Å². The third kappa shape index (κ3) is 2.94. The van der Waals surface area contributed by atoms with E-state index in [-0.39, 0.29) is 6.10 Å². The standard InChI is InChI=1S/C13H17ClN2O2/c1-16-7-8-4-10(5-8)18-12-3-2-9(13(15)17)6-11(12)14/h2-3,6,8,10,16H,4-5,7H2,1H3,(H2,15,17). The van der Waals surface area contributed by atoms with Crippen molar-refractivity contribution in [1.82, 2.24) is 5.32 Å². The topological polar surface area (TPSA) is 64.3 Å². The molecule has 1 aliphatic rings. The van der Waals surface area contributed by atoms with Crippen LogP contribution in [0.4, 0.5) is 0 Å². The number of primary amides is 1. The fourth-order valence-electron chi connectivity index (χ4n) is 2.16. The van der Waals surface area contributed by atoms with E-state index < -0.39 is 5.91 Å². The van der Waals surface area contributed by atoms with Gasteiger partial charge in [-0.05, 0) is 50.6 Å². The number of carbonyl (C=O) groups excluding carboxylic acids is 1. The molecule has 0 bridgehead atoms. The maximum Gasteiger partial charge on any atom is 0.248 e. The van der Waals surface area contributed by atoms with Crippen LogP contribution < -0.4 is 15.8 Å². The Morgan fingerprint density at radius 3 is 2.83 bits per heavy atom. The van der Waals surface area contributed by atoms with Crippen LogP contribution in [0.25, 0.3) is 0 Å². The van der Waals surface area contributed by atoms with Gasteiger partial charge in [0.25, 0.3) is 0 Å². The van der Waals surface area contributed by atoms with E-state index in [1.807, 2.05) is 7.05 Å². The molecule has 4 nitrogen and oxygen atoms in total. The molecule has 2 rings (SSSR count). The molecule has 0 unspecified atom stereocenters. The van der Waals surface area contributed by atoms with E-state index in [2.05, 4.69) is 5.32 Å². The van der Waals surface area contributed by atoms with Gasteiger partial charge in [0.05, 0.1) is 11.1 Å². The van der Waals surface area contributed by atoms with Crippen LogP contribution in [0, 0.1) is 5.92 Å². The molecule has 0 heterocycles. The lowest BCUT2D eigenvalue weighted by Crippen LogP contribution is -2.38. The van der Waals surface area contributed by atoms with Gasteiger partial charge in [-0.15, -0.1) is 0 Å². The number of nitrogens with one attached hydrogen (secondary N) is 1. The number of hydrogen-bond acceptors (Lipinski definition) is 3. The number of hydrogen-bond donors (Lipinski definition) is 2. The summed E-state index contributed by atoms with van der Waals surface area (Å²) in [6, 6.07) is 4.88. The van der Waals surface area contributed by atoms with Gasteiger partial charge >= 0.3 is 0 Å². The van der Waals surface area contributed by atoms with Crippen LogP contribution in [0.15, 0.2) is 18.2 Å². The Hall–Kier alpha value is -1.26. The Morgan fingerprint density at radius 2 is 2.28 bits per heavy atom. The van der Waals surface area contributed by atoms with Crippen molar-refractivity contribution in [2.24, 2.45) is 11.7 Å². The number of amides is 1. The van der Waals surface area contributed by atoms with Crippen LogP contribution in [-0.2, 0) is 0 Å². The molecule has 0 saturated heterocycles. The van der Waals surface area contributed by atoms with Gasteiger partial charge in [-0.1, -0.05) is 11.6 Å². The van der Waals surface area contributed by atoms with E-state index in [9.17, 15) is 4.79 Å². The van der Waals surface area contributed by atoms with Gasteiger partial charge in [0.15, 0.2) is 0 Å². The second-order valence-corrected chi connectivity index (χ2v) is 5.05. The SMILES string of the molecule is CNCC1CC(Oc2ccc(C(N)=O)cc2Cl)C1. The lowest BCUT2D eigenvalue weighted by atomic mass is 9.82. The Kier molecular flexibility index (Phi) is 4.09. The van der Waals surface area contributed by atoms with E-state index in [0.717, 1.165) is 19.4 Å². The van der Waals surface area contributed by atoms with Crippen LogP contribution in [0.1, 0.15) is 23.2 Å². The average molecular weight is 269 g/mol. The number of rotatable bonds is 5. The van der Waals surface area contributed by atoms with Gasteiger partial charge in [-0.3, -0.25) is 4.79 Å². The summed E-state index contributed by atoms with van der Waals surface area (Å²) in [5.41, 5.74) is 5.57. The number of ether oxygens (including phenoxy) is 1. The van der Waals surface area contributed by atoms with Crippen LogP contribution >= 0.6 is 11.6 Å². The van der Waals surface area contributed by atoms with Crippen LogP contribution in [0.2, 0.25) is 5.02 Å². The Morgan fingerprint density at radius 1 is 1.56 bits per heavy atom. The highest BCUT2D eigenvalue weighted by atomic mass is 35.5. The summed E-state index contributed by atoms with van der Waals surface area (Å²) >= 11 is 6.05. The third-order valence-corrected chi connectivity index (χ3v) is 3.49. The van der Waals surface area contributed by atoms with E-state index in [0.29, 0.717) is 22.3 Å². The molecule has 0 atom stereocenters. The van der Waals surface area contributed by atoms with E-state index in [1.54, 1.807) is 18.2 Å². The van der Waals surface area contributed by atoms with Crippen LogP contribution in [0.5, 0.6) is 5.75 Å². The number of nitrogens with two attached hydrogens (primary N) is 1. The van der Waals surface area contributed by atoms with Crippen molar-refractivity contribution in [2.45, 2.75) is 18.9 Å². The van der Waals surface area contributed by atoms with Crippen molar-refractivity contribution in [3.05, 3.63) is 28.8 Å². The average Bonchev–Trinajstić information content (AvgIpc) is 2.28. The first-order valence-electron chi connectivity index (χ1n) is 6.00. The molecule has 0 spiro atoms. The van der Waals surface area contributed by atoms with Crippen molar-refractivity contribution in [3.63, 3.8) is 0 Å². The molecule has 1 aliphatic carbocycles. The second kappa shape index (κ2) is 5.59. The fourth-order valence-corrected chi connectivity index (χ4v) is 2.38. The highest BCUT2D eigenvalue weighted by Crippen LogP contribution is 2.34. The number of carbonyl (C=O) groups is 1. The normalized spacial score (nSPS) is 22.3. The molecular formula is C13H17ClN2O2. The summed E-state index contributed by atoms with van der Waals surface area (Å²) < 4.78 is 5.78. The Labute approximate surface area is 111 Å². The predicted molar refractivity (Wildman–Crippen MR) is 71.0 cm³/mol. The highest BCUT2D eigenvalue weighted by Gasteiger charge is 2.30. The molecule has 0 aliphatic heterocycles. The van der Waals surface area contributed by atoms with E-state index >= 15 is 0 Å². The Balaban J connectivity index is 1.93. The molecule has 1 aromatic carbocycles. The smallest absolute Gasteiger partial charge is 0.248 e. The maximum atomic E-state index is 11.0. The molecule has 1 fully saturated rings. The first-order chi connectivity index (χ1) is 8.60. The molecule has 1 amide bonds. The summed E-state index contributed by atoms with van der Waals surface area (Å²) in [6.45, 7) is 1.02. The first-order valence-corrected chi connectivity index (χ1v) is 6.38. The van der Waals surface area contributed by atoms with Gasteiger partial charge in [0.2, 0.25) is 5.91 Å². The van der Waals surface area contributed by atoms with Crippen molar-refractivity contribution in [1.29, 1.82) is 0 Å². The van der Waals surface area contributed by atoms with Gasteiger partial charge in [-0.25, -0.2) is 0 Å². The molecule has 1 aromatic rings. The number of halogens is 1. The molecule has 98 valence electrons. The molecule has 18 heavy (non-hydrogen) atoms. The minimum Gasteiger partial charge on any atom is -0.489 e. The largest absolute Gasteiger partial charge is 0.489 e. The molecule has 0 aromatic heterocycles. The van der Waals surface area contributed by atoms with Crippen molar-refractivity contribution in [3.8, 4) is 5.75 Å². The lowest BCUT2D eigenvalue weighted by Gasteiger charge is -2.35. The first kappa shape index (κ1) is 13.2. The summed E-state index contributed by atoms with van der Waals surface area (Å²) in [7, 11) is 1.95. The molecule has 0 radical (unpaired) electrons. The lowest BCUT2D eigenvalue weighted by molar-refractivity contribution is 0.0658. The zero-order chi connectivity index (χ0) is 13.1. The van der Waals surface area contributed by atoms with Crippen LogP contribution in [-0.4, -0.2) is 25.6 Å². The number of benzene rings is 1. The minimum atomic E-state index is -0.485. The van der Waals surface area contributed by atoms with Gasteiger partial charge < -0.3 is 15.8 Å². The fraction of sp³-hybridized carbons (Fsp3) is 0.462. The quantitative estimate of drug-likeness (QED) is 0.856. The molecular weight excluding hydrogens is 252 g/mol. The van der Waals surface area contributed by atoms with Crippen molar-refractivity contribution >= 4 is 17.5 Å². The van der Waals surface area contributed by atoms with E-state index in [4.69, 9.17) is 22.1 Å². The van der Waals surface area contributed by atoms with Crippen LogP contribution in [0.3, 0.4) is 0 Å². The predicted octanol–water partition coefficient (Wildman–Crippen LogP) is 1.82. The summed E-state index contributed by atoms with van der Waals surface area (Å²) in [6.07, 6.45) is 2.30. The zero-order valence-corrected chi connectivity index (χ0v) is 11.0. The van der Waals surface area contributed by atoms with Gasteiger partial charge in [0, 0.05) is 5.56 Å². The zero-order valence-electron chi connectivity index (χ0n) is 10.3. The summed E-state index contributed by atoms with van der Waals surface area (Å²) in [5.74, 6) is 0.819. The molecule has 5 heteroatoms. The summed E-state index contributed by atoms with van der Waals surface area (Å²) in [5, 5.41) is 3.59. The van der Waals surface area contributed by atoms with Gasteiger partial charge in [0.1, 0.15) is 5.75 Å². The molecule has 1 saturated carbocycles.